The second-order valence-electron chi connectivity index (χ2n) is 14.9. The van der Waals surface area contributed by atoms with E-state index in [-0.39, 0.29) is 25.2 Å². The molecule has 7 rings (SSSR count). The molecule has 6 aromatic rings. The highest BCUT2D eigenvalue weighted by Crippen LogP contribution is 2.28. The van der Waals surface area contributed by atoms with Crippen LogP contribution in [0.15, 0.2) is 103 Å². The van der Waals surface area contributed by atoms with Crippen LogP contribution in [-0.4, -0.2) is 62.9 Å². The Labute approximate surface area is 319 Å². The third kappa shape index (κ3) is 9.06. The van der Waals surface area contributed by atoms with Crippen molar-refractivity contribution < 1.29 is 24.3 Å². The average molecular weight is 741 g/mol. The maximum atomic E-state index is 14.3. The molecule has 8 N–H and O–H groups in total. The number of aromatic nitrogens is 2. The van der Waals surface area contributed by atoms with E-state index in [2.05, 4.69) is 25.9 Å². The first-order chi connectivity index (χ1) is 26.7. The number of hydrogen-bond acceptors (Lipinski definition) is 5. The highest BCUT2D eigenvalue weighted by Gasteiger charge is 2.33. The van der Waals surface area contributed by atoms with Crippen LogP contribution in [-0.2, 0) is 38.4 Å². The smallest absolute Gasteiger partial charge is 0.326 e. The van der Waals surface area contributed by atoms with Crippen LogP contribution < -0.4 is 21.7 Å². The summed E-state index contributed by atoms with van der Waals surface area (Å²) in [7, 11) is 0. The number of carboxylic acid groups (broad SMARTS) is 1. The largest absolute Gasteiger partial charge is 0.480 e. The molecule has 284 valence electrons. The van der Waals surface area contributed by atoms with Gasteiger partial charge in [0.25, 0.3) is 0 Å². The molecule has 0 radical (unpaired) electrons. The second kappa shape index (κ2) is 17.0. The van der Waals surface area contributed by atoms with Crippen LogP contribution in [0.3, 0.4) is 0 Å². The van der Waals surface area contributed by atoms with Gasteiger partial charge < -0.3 is 36.8 Å². The normalized spacial score (nSPS) is 15.7. The molecule has 0 saturated heterocycles. The zero-order valence-corrected chi connectivity index (χ0v) is 30.7. The Balaban J connectivity index is 1.11. The molecule has 1 fully saturated rings. The Morgan fingerprint density at radius 3 is 1.84 bits per heavy atom. The van der Waals surface area contributed by atoms with E-state index >= 15 is 0 Å². The van der Waals surface area contributed by atoms with Gasteiger partial charge in [0, 0.05) is 47.0 Å². The van der Waals surface area contributed by atoms with Gasteiger partial charge in [-0.15, -0.1) is 0 Å². The zero-order valence-electron chi connectivity index (χ0n) is 30.7. The second-order valence-corrected chi connectivity index (χ2v) is 14.9. The van der Waals surface area contributed by atoms with Crippen molar-refractivity contribution in [3.63, 3.8) is 0 Å². The number of carboxylic acids is 1. The van der Waals surface area contributed by atoms with Crippen molar-refractivity contribution in [2.75, 3.05) is 0 Å². The van der Waals surface area contributed by atoms with E-state index < -0.39 is 47.9 Å². The summed E-state index contributed by atoms with van der Waals surface area (Å²) in [6.45, 7) is 0. The molecule has 1 saturated carbocycles. The van der Waals surface area contributed by atoms with Crippen LogP contribution in [0.2, 0.25) is 0 Å². The molecule has 1 aliphatic carbocycles. The lowest BCUT2D eigenvalue weighted by Gasteiger charge is -2.29. The summed E-state index contributed by atoms with van der Waals surface area (Å²) in [5.41, 5.74) is 10.6. The first kappa shape index (κ1) is 37.4. The van der Waals surface area contributed by atoms with Gasteiger partial charge >= 0.3 is 5.97 Å². The Bertz CT molecular complexity index is 2310. The van der Waals surface area contributed by atoms with Crippen molar-refractivity contribution in [3.8, 4) is 0 Å². The number of amides is 3. The molecule has 4 atom stereocenters. The summed E-state index contributed by atoms with van der Waals surface area (Å²) >= 11 is 0. The number of nitrogens with one attached hydrogen (secondary N) is 5. The minimum Gasteiger partial charge on any atom is -0.480 e. The zero-order chi connectivity index (χ0) is 38.3. The molecule has 3 amide bonds. The minimum absolute atomic E-state index is 0.0360. The fourth-order valence-corrected chi connectivity index (χ4v) is 7.97. The number of para-hydroxylation sites is 2. The summed E-state index contributed by atoms with van der Waals surface area (Å²) in [5, 5.41) is 22.8. The highest BCUT2D eigenvalue weighted by molar-refractivity contribution is 5.95. The van der Waals surface area contributed by atoms with E-state index in [4.69, 9.17) is 5.73 Å². The van der Waals surface area contributed by atoms with Crippen molar-refractivity contribution >= 4 is 56.3 Å². The molecular formula is C44H48N6O5. The van der Waals surface area contributed by atoms with Crippen molar-refractivity contribution in [2.24, 2.45) is 11.7 Å². The van der Waals surface area contributed by atoms with Crippen molar-refractivity contribution in [2.45, 2.75) is 82.0 Å². The quantitative estimate of drug-likeness (QED) is 0.0713. The van der Waals surface area contributed by atoms with Crippen LogP contribution in [0.25, 0.3) is 32.6 Å². The van der Waals surface area contributed by atoms with Gasteiger partial charge in [0.15, 0.2) is 0 Å². The summed E-state index contributed by atoms with van der Waals surface area (Å²) in [6, 6.07) is 24.9. The van der Waals surface area contributed by atoms with Gasteiger partial charge in [0.2, 0.25) is 17.7 Å². The van der Waals surface area contributed by atoms with E-state index in [9.17, 15) is 24.3 Å². The Hall–Kier alpha value is -5.94. The molecule has 55 heavy (non-hydrogen) atoms. The van der Waals surface area contributed by atoms with Crippen molar-refractivity contribution in [1.29, 1.82) is 0 Å². The lowest BCUT2D eigenvalue weighted by molar-refractivity contribution is -0.142. The summed E-state index contributed by atoms with van der Waals surface area (Å²) < 4.78 is 0. The predicted molar refractivity (Wildman–Crippen MR) is 214 cm³/mol. The molecule has 11 heteroatoms. The summed E-state index contributed by atoms with van der Waals surface area (Å²) in [5.74, 6) is -2.58. The minimum atomic E-state index is -1.26. The number of fused-ring (bicyclic) bond motifs is 3. The SMILES string of the molecule is N[C@@H](Cc1ccc2ccccc2c1)C(=O)N[C@H](CC1CCCCC1)C(=O)N[C@@H](Cc1c[nH]c2ccccc12)C(=O)N[C@H](Cc1c[nH]c2ccccc12)C(=O)O. The number of carbonyl (C=O) groups is 4. The van der Waals surface area contributed by atoms with Crippen LogP contribution in [0.5, 0.6) is 0 Å². The van der Waals surface area contributed by atoms with E-state index in [1.54, 1.807) is 12.4 Å². The molecule has 0 unspecified atom stereocenters. The summed E-state index contributed by atoms with van der Waals surface area (Å²) in [6.07, 6.45) is 9.47. The Kier molecular flexibility index (Phi) is 11.6. The number of benzene rings is 4. The number of carbonyl (C=O) groups excluding carboxylic acids is 3. The molecule has 2 heterocycles. The fourth-order valence-electron chi connectivity index (χ4n) is 7.97. The van der Waals surface area contributed by atoms with Gasteiger partial charge in [-0.05, 0) is 58.4 Å². The lowest BCUT2D eigenvalue weighted by atomic mass is 9.84. The number of hydrogen-bond donors (Lipinski definition) is 7. The van der Waals surface area contributed by atoms with Crippen molar-refractivity contribution in [1.82, 2.24) is 25.9 Å². The standard InChI is InChI=1S/C44H48N6O5/c45-35(21-28-18-19-29-12-4-5-13-30(29)20-28)41(51)48-38(22-27-10-2-1-3-11-27)42(52)49-39(23-31-25-46-36-16-8-6-14-33(31)36)43(53)50-40(44(54)55)24-32-26-47-37-17-9-7-15-34(32)37/h4-9,12-20,25-27,35,38-40,46-47H,1-3,10-11,21-24,45H2,(H,48,51)(H,49,52)(H,50,53)(H,54,55)/t35-,38+,39-,40+/m0/s1. The molecule has 0 bridgehead atoms. The predicted octanol–water partition coefficient (Wildman–Crippen LogP) is 5.67. The van der Waals surface area contributed by atoms with Gasteiger partial charge in [-0.25, -0.2) is 4.79 Å². The van der Waals surface area contributed by atoms with Gasteiger partial charge in [-0.2, -0.15) is 0 Å². The van der Waals surface area contributed by atoms with Crippen LogP contribution in [0.1, 0.15) is 55.2 Å². The van der Waals surface area contributed by atoms with Gasteiger partial charge in [-0.3, -0.25) is 14.4 Å². The van der Waals surface area contributed by atoms with E-state index in [1.807, 2.05) is 91.0 Å². The molecule has 0 spiro atoms. The van der Waals surface area contributed by atoms with E-state index in [1.165, 1.54) is 0 Å². The summed E-state index contributed by atoms with van der Waals surface area (Å²) in [4.78, 5) is 61.1. The van der Waals surface area contributed by atoms with Crippen LogP contribution in [0.4, 0.5) is 0 Å². The van der Waals surface area contributed by atoms with Gasteiger partial charge in [-0.1, -0.05) is 111 Å². The van der Waals surface area contributed by atoms with Gasteiger partial charge in [0.05, 0.1) is 6.04 Å². The van der Waals surface area contributed by atoms with E-state index in [0.717, 1.165) is 81.4 Å². The molecule has 2 aromatic heterocycles. The third-order valence-corrected chi connectivity index (χ3v) is 11.0. The fraction of sp³-hybridized carbons (Fsp3) is 0.318. The average Bonchev–Trinajstić information content (AvgIpc) is 3.81. The lowest BCUT2D eigenvalue weighted by Crippen LogP contribution is -2.58. The van der Waals surface area contributed by atoms with E-state index in [0.29, 0.717) is 6.42 Å². The number of aliphatic carboxylic acids is 1. The first-order valence-electron chi connectivity index (χ1n) is 19.2. The third-order valence-electron chi connectivity index (χ3n) is 11.0. The Morgan fingerprint density at radius 1 is 0.636 bits per heavy atom. The topological polar surface area (TPSA) is 182 Å². The Morgan fingerprint density at radius 2 is 1.18 bits per heavy atom. The number of nitrogens with two attached hydrogens (primary N) is 1. The highest BCUT2D eigenvalue weighted by atomic mass is 16.4. The number of aromatic amines is 2. The van der Waals surface area contributed by atoms with Gasteiger partial charge in [0.1, 0.15) is 18.1 Å². The maximum absolute atomic E-state index is 14.3. The van der Waals surface area contributed by atoms with Crippen molar-refractivity contribution in [3.05, 3.63) is 120 Å². The molecule has 11 nitrogen and oxygen atoms in total. The number of H-pyrrole nitrogens is 2. The molecule has 1 aliphatic rings. The molecule has 4 aromatic carbocycles. The first-order valence-corrected chi connectivity index (χ1v) is 19.2. The maximum Gasteiger partial charge on any atom is 0.326 e. The molecule has 0 aliphatic heterocycles. The molecular weight excluding hydrogens is 693 g/mol. The monoisotopic (exact) mass is 740 g/mol. The number of rotatable bonds is 15. The van der Waals surface area contributed by atoms with Crippen LogP contribution in [0, 0.1) is 5.92 Å². The van der Waals surface area contributed by atoms with Crippen LogP contribution >= 0.6 is 0 Å².